The van der Waals surface area contributed by atoms with E-state index >= 15 is 0 Å². The number of aliphatic imine (C=N–C) groups is 1. The van der Waals surface area contributed by atoms with Crippen molar-refractivity contribution in [2.45, 2.75) is 46.5 Å². The van der Waals surface area contributed by atoms with E-state index in [1.807, 2.05) is 0 Å². The first kappa shape index (κ1) is 26.0. The SMILES string of the molecule is CCc1ccc(C)c(C2C=c3c(C(C)=NC(=N)/C=C\NCC(=O)N(C)C)c(O)[nH]c3=CC2CC)c1. The molecule has 2 aromatic rings. The van der Waals surface area contributed by atoms with Crippen LogP contribution in [0, 0.1) is 18.3 Å². The van der Waals surface area contributed by atoms with Crippen LogP contribution in [0.2, 0.25) is 0 Å². The second-order valence-electron chi connectivity index (χ2n) is 9.24. The number of H-pyrrole nitrogens is 1. The number of aromatic hydroxyl groups is 1. The van der Waals surface area contributed by atoms with Gasteiger partial charge in [-0.3, -0.25) is 10.2 Å². The zero-order valence-electron chi connectivity index (χ0n) is 21.6. The lowest BCUT2D eigenvalue weighted by atomic mass is 9.78. The fraction of sp³-hybridized carbons (Fsp3) is 0.393. The Morgan fingerprint density at radius 3 is 2.69 bits per heavy atom. The van der Waals surface area contributed by atoms with Crippen LogP contribution in [0.1, 0.15) is 55.4 Å². The van der Waals surface area contributed by atoms with E-state index in [1.54, 1.807) is 21.0 Å². The highest BCUT2D eigenvalue weighted by molar-refractivity contribution is 6.09. The van der Waals surface area contributed by atoms with Crippen LogP contribution in [-0.2, 0) is 11.2 Å². The third kappa shape index (κ3) is 5.91. The molecule has 35 heavy (non-hydrogen) atoms. The Balaban J connectivity index is 1.95. The van der Waals surface area contributed by atoms with Crippen molar-refractivity contribution in [1.82, 2.24) is 15.2 Å². The average Bonchev–Trinajstić information content (AvgIpc) is 3.15. The Labute approximate surface area is 207 Å². The maximum absolute atomic E-state index is 11.6. The van der Waals surface area contributed by atoms with Gasteiger partial charge in [0.2, 0.25) is 5.91 Å². The number of nitrogens with zero attached hydrogens (tertiary/aromatic N) is 2. The lowest BCUT2D eigenvalue weighted by Crippen LogP contribution is -2.34. The molecule has 1 aromatic carbocycles. The van der Waals surface area contributed by atoms with Gasteiger partial charge in [-0.15, -0.1) is 0 Å². The number of nitrogens with one attached hydrogen (secondary N) is 3. The van der Waals surface area contributed by atoms with Crippen LogP contribution in [0.3, 0.4) is 0 Å². The predicted molar refractivity (Wildman–Crippen MR) is 143 cm³/mol. The van der Waals surface area contributed by atoms with Gasteiger partial charge in [-0.2, -0.15) is 0 Å². The smallest absolute Gasteiger partial charge is 0.241 e. The molecule has 2 unspecified atom stereocenters. The highest BCUT2D eigenvalue weighted by atomic mass is 16.3. The van der Waals surface area contributed by atoms with E-state index in [-0.39, 0.29) is 30.1 Å². The molecule has 0 fully saturated rings. The first-order valence-corrected chi connectivity index (χ1v) is 12.1. The number of benzene rings is 1. The van der Waals surface area contributed by atoms with Crippen LogP contribution in [0.25, 0.3) is 12.2 Å². The van der Waals surface area contributed by atoms with Crippen molar-refractivity contribution in [3.05, 3.63) is 63.3 Å². The maximum Gasteiger partial charge on any atom is 0.241 e. The largest absolute Gasteiger partial charge is 0.494 e. The van der Waals surface area contributed by atoms with Crippen molar-refractivity contribution in [3.63, 3.8) is 0 Å². The highest BCUT2D eigenvalue weighted by Crippen LogP contribution is 2.34. The van der Waals surface area contributed by atoms with Crippen molar-refractivity contribution < 1.29 is 9.90 Å². The van der Waals surface area contributed by atoms with Gasteiger partial charge < -0.3 is 20.3 Å². The van der Waals surface area contributed by atoms with E-state index < -0.39 is 0 Å². The molecular formula is C28H37N5O2. The molecule has 1 aromatic heterocycles. The number of hydrogen-bond acceptors (Lipinski definition) is 4. The number of hydrogen-bond donors (Lipinski definition) is 4. The molecule has 4 N–H and O–H groups in total. The Morgan fingerprint density at radius 2 is 2.03 bits per heavy atom. The Kier molecular flexibility index (Phi) is 8.33. The summed E-state index contributed by atoms with van der Waals surface area (Å²) in [5.41, 5.74) is 5.06. The van der Waals surface area contributed by atoms with Crippen molar-refractivity contribution in [2.75, 3.05) is 20.6 Å². The summed E-state index contributed by atoms with van der Waals surface area (Å²) in [5, 5.41) is 23.6. The summed E-state index contributed by atoms with van der Waals surface area (Å²) in [4.78, 5) is 20.6. The number of carbonyl (C=O) groups excluding carboxylic acids is 1. The first-order valence-electron chi connectivity index (χ1n) is 12.1. The zero-order chi connectivity index (χ0) is 25.7. The number of aromatic amines is 1. The zero-order valence-corrected chi connectivity index (χ0v) is 21.6. The summed E-state index contributed by atoms with van der Waals surface area (Å²) in [5.74, 6) is 0.532. The van der Waals surface area contributed by atoms with Crippen LogP contribution >= 0.6 is 0 Å². The summed E-state index contributed by atoms with van der Waals surface area (Å²) in [6.07, 6.45) is 9.46. The number of amides is 1. The molecule has 1 heterocycles. The van der Waals surface area contributed by atoms with E-state index in [4.69, 9.17) is 5.41 Å². The van der Waals surface area contributed by atoms with Crippen molar-refractivity contribution >= 4 is 29.6 Å². The predicted octanol–water partition coefficient (Wildman–Crippen LogP) is 2.95. The molecule has 0 bridgehead atoms. The topological polar surface area (TPSA) is 105 Å². The average molecular weight is 476 g/mol. The van der Waals surface area contributed by atoms with Crippen LogP contribution in [0.15, 0.2) is 35.5 Å². The third-order valence-electron chi connectivity index (χ3n) is 6.58. The summed E-state index contributed by atoms with van der Waals surface area (Å²) in [6.45, 7) is 8.46. The van der Waals surface area contributed by atoms with Gasteiger partial charge in [0.05, 0.1) is 17.8 Å². The highest BCUT2D eigenvalue weighted by Gasteiger charge is 2.25. The number of fused-ring (bicyclic) bond motifs is 1. The number of aryl methyl sites for hydroxylation is 2. The van der Waals surface area contributed by atoms with E-state index in [2.05, 4.69) is 66.4 Å². The fourth-order valence-electron chi connectivity index (χ4n) is 4.49. The molecule has 0 radical (unpaired) electrons. The number of carbonyl (C=O) groups is 1. The van der Waals surface area contributed by atoms with Gasteiger partial charge in [0.1, 0.15) is 5.84 Å². The molecule has 0 aliphatic heterocycles. The standard InChI is InChI=1S/C28H37N5O2/c1-7-19-10-9-17(3)21(13-19)22-15-23-24(14-20(22)8-2)32-28(35)27(23)18(4)31-25(29)11-12-30-16-26(34)33(5)6/h9-15,20,22,29-30,32,35H,7-8,16H2,1-6H3/b12-11-,29-25?,31-18?. The molecule has 0 saturated heterocycles. The van der Waals surface area contributed by atoms with Crippen LogP contribution < -0.4 is 15.9 Å². The normalized spacial score (nSPS) is 17.5. The summed E-state index contributed by atoms with van der Waals surface area (Å²) in [7, 11) is 3.38. The van der Waals surface area contributed by atoms with Gasteiger partial charge in [0, 0.05) is 36.8 Å². The Bertz CT molecular complexity index is 1280. The second-order valence-corrected chi connectivity index (χ2v) is 9.24. The van der Waals surface area contributed by atoms with Crippen LogP contribution in [-0.4, -0.2) is 53.1 Å². The lowest BCUT2D eigenvalue weighted by Gasteiger charge is -2.25. The van der Waals surface area contributed by atoms with Gasteiger partial charge in [-0.1, -0.05) is 44.2 Å². The molecule has 0 spiro atoms. The molecule has 0 saturated carbocycles. The van der Waals surface area contributed by atoms with Crippen molar-refractivity contribution in [1.29, 1.82) is 5.41 Å². The van der Waals surface area contributed by atoms with Gasteiger partial charge >= 0.3 is 0 Å². The molecular weight excluding hydrogens is 438 g/mol. The molecule has 7 heteroatoms. The van der Waals surface area contributed by atoms with E-state index in [0.717, 1.165) is 23.4 Å². The molecule has 1 amide bonds. The molecule has 2 atom stereocenters. The molecule has 186 valence electrons. The van der Waals surface area contributed by atoms with Gasteiger partial charge in [-0.25, -0.2) is 4.99 Å². The molecule has 7 nitrogen and oxygen atoms in total. The van der Waals surface area contributed by atoms with E-state index in [1.165, 1.54) is 33.9 Å². The van der Waals surface area contributed by atoms with Crippen LogP contribution in [0.5, 0.6) is 5.88 Å². The monoisotopic (exact) mass is 475 g/mol. The molecule has 1 aliphatic rings. The minimum absolute atomic E-state index is 0.0240. The van der Waals surface area contributed by atoms with Gasteiger partial charge in [-0.05, 0) is 55.4 Å². The summed E-state index contributed by atoms with van der Waals surface area (Å²) >= 11 is 0. The minimum Gasteiger partial charge on any atom is -0.494 e. The Morgan fingerprint density at radius 1 is 1.29 bits per heavy atom. The number of likely N-dealkylation sites (N-methyl/N-ethyl adjacent to an activating group) is 1. The second kappa shape index (κ2) is 11.2. The van der Waals surface area contributed by atoms with Crippen LogP contribution in [0.4, 0.5) is 0 Å². The molecule has 3 rings (SSSR count). The fourth-order valence-corrected chi connectivity index (χ4v) is 4.49. The number of aromatic nitrogens is 1. The molecule has 1 aliphatic carbocycles. The Hall–Kier alpha value is -3.61. The minimum atomic E-state index is -0.0591. The third-order valence-corrected chi connectivity index (χ3v) is 6.58. The summed E-state index contributed by atoms with van der Waals surface area (Å²) in [6, 6.07) is 6.69. The quantitative estimate of drug-likeness (QED) is 0.348. The maximum atomic E-state index is 11.6. The van der Waals surface area contributed by atoms with Crippen molar-refractivity contribution in [2.24, 2.45) is 10.9 Å². The van der Waals surface area contributed by atoms with Crippen molar-refractivity contribution in [3.8, 4) is 5.88 Å². The van der Waals surface area contributed by atoms with E-state index in [9.17, 15) is 9.90 Å². The van der Waals surface area contributed by atoms with Gasteiger partial charge in [0.15, 0.2) is 5.88 Å². The first-order chi connectivity index (χ1) is 16.7. The summed E-state index contributed by atoms with van der Waals surface area (Å²) < 4.78 is 0. The lowest BCUT2D eigenvalue weighted by molar-refractivity contribution is -0.127. The number of amidine groups is 1. The van der Waals surface area contributed by atoms with E-state index in [0.29, 0.717) is 17.2 Å². The van der Waals surface area contributed by atoms with Gasteiger partial charge in [0.25, 0.3) is 0 Å². The number of rotatable bonds is 8.